The van der Waals surface area contributed by atoms with Gasteiger partial charge in [-0.3, -0.25) is 9.59 Å². The Morgan fingerprint density at radius 3 is 2.30 bits per heavy atom. The van der Waals surface area contributed by atoms with E-state index in [4.69, 9.17) is 4.74 Å². The highest BCUT2D eigenvalue weighted by Crippen LogP contribution is 2.10. The van der Waals surface area contributed by atoms with Crippen LogP contribution in [0.3, 0.4) is 0 Å². The molecule has 23 heavy (non-hydrogen) atoms. The predicted octanol–water partition coefficient (Wildman–Crippen LogP) is 1.78. The number of nitrogens with one attached hydrogen (secondary N) is 2. The predicted molar refractivity (Wildman–Crippen MR) is 88.5 cm³/mol. The molecule has 0 bridgehead atoms. The molecular weight excluding hydrogens is 292 g/mol. The Balaban J connectivity index is 1.70. The molecule has 0 unspecified atom stereocenters. The molecule has 2 aromatic carbocycles. The average Bonchev–Trinajstić information content (AvgIpc) is 2.60. The van der Waals surface area contributed by atoms with Crippen LogP contribution >= 0.6 is 0 Å². The van der Waals surface area contributed by atoms with E-state index in [1.54, 1.807) is 31.4 Å². The molecule has 2 rings (SSSR count). The summed E-state index contributed by atoms with van der Waals surface area (Å²) in [6.07, 6.45) is 0.763. The number of benzene rings is 2. The third-order valence-electron chi connectivity index (χ3n) is 3.34. The summed E-state index contributed by atoms with van der Waals surface area (Å²) in [5.74, 6) is 0.189. The number of carbonyl (C=O) groups excluding carboxylic acids is 2. The molecule has 0 atom stereocenters. The highest BCUT2D eigenvalue weighted by molar-refractivity contribution is 5.96. The molecule has 0 aromatic heterocycles. The van der Waals surface area contributed by atoms with Crippen molar-refractivity contribution in [3.8, 4) is 5.75 Å². The Bertz CT molecular complexity index is 639. The van der Waals surface area contributed by atoms with Gasteiger partial charge in [0.25, 0.3) is 5.91 Å². The lowest BCUT2D eigenvalue weighted by Crippen LogP contribution is -2.37. The third-order valence-corrected chi connectivity index (χ3v) is 3.34. The summed E-state index contributed by atoms with van der Waals surface area (Å²) in [6.45, 7) is 0.501. The second-order valence-corrected chi connectivity index (χ2v) is 5.00. The van der Waals surface area contributed by atoms with Crippen LogP contribution < -0.4 is 15.4 Å². The molecule has 2 amide bonds. The molecule has 0 aliphatic carbocycles. The van der Waals surface area contributed by atoms with E-state index in [1.807, 2.05) is 30.3 Å². The number of hydrogen-bond donors (Lipinski definition) is 2. The molecule has 2 aromatic rings. The van der Waals surface area contributed by atoms with Crippen molar-refractivity contribution in [2.24, 2.45) is 0 Å². The van der Waals surface area contributed by atoms with Crippen molar-refractivity contribution in [3.05, 3.63) is 65.7 Å². The summed E-state index contributed by atoms with van der Waals surface area (Å²) in [6, 6.07) is 16.6. The van der Waals surface area contributed by atoms with Gasteiger partial charge >= 0.3 is 0 Å². The fraction of sp³-hybridized carbons (Fsp3) is 0.222. The molecule has 0 aliphatic heterocycles. The zero-order chi connectivity index (χ0) is 16.5. The van der Waals surface area contributed by atoms with Crippen LogP contribution in [0.4, 0.5) is 0 Å². The van der Waals surface area contributed by atoms with Gasteiger partial charge in [-0.2, -0.15) is 0 Å². The van der Waals surface area contributed by atoms with Gasteiger partial charge in [0.2, 0.25) is 5.91 Å². The van der Waals surface area contributed by atoms with E-state index < -0.39 is 0 Å². The first-order valence-corrected chi connectivity index (χ1v) is 7.42. The van der Waals surface area contributed by atoms with Crippen molar-refractivity contribution in [2.75, 3.05) is 20.2 Å². The lowest BCUT2D eigenvalue weighted by atomic mass is 10.1. The van der Waals surface area contributed by atoms with Crippen LogP contribution in [0.1, 0.15) is 15.9 Å². The van der Waals surface area contributed by atoms with E-state index in [1.165, 1.54) is 0 Å². The van der Waals surface area contributed by atoms with Crippen LogP contribution in [0, 0.1) is 0 Å². The zero-order valence-corrected chi connectivity index (χ0v) is 13.0. The van der Waals surface area contributed by atoms with Crippen LogP contribution in [0.5, 0.6) is 5.75 Å². The molecule has 5 heteroatoms. The topological polar surface area (TPSA) is 67.4 Å². The Morgan fingerprint density at radius 1 is 0.957 bits per heavy atom. The van der Waals surface area contributed by atoms with Crippen LogP contribution in [0.25, 0.3) is 0 Å². The van der Waals surface area contributed by atoms with Crippen molar-refractivity contribution >= 4 is 11.8 Å². The number of ether oxygens (including phenoxy) is 1. The van der Waals surface area contributed by atoms with E-state index in [2.05, 4.69) is 10.6 Å². The standard InChI is InChI=1S/C18H20N2O3/c1-23-16-9-7-15(8-10-16)18(22)20-13-17(21)19-12-11-14-5-3-2-4-6-14/h2-10H,11-13H2,1H3,(H,19,21)(H,20,22). The molecule has 0 heterocycles. The monoisotopic (exact) mass is 312 g/mol. The Morgan fingerprint density at radius 2 is 1.65 bits per heavy atom. The largest absolute Gasteiger partial charge is 0.497 e. The van der Waals surface area contributed by atoms with Gasteiger partial charge in [0, 0.05) is 12.1 Å². The molecule has 120 valence electrons. The van der Waals surface area contributed by atoms with Gasteiger partial charge in [0.05, 0.1) is 13.7 Å². The summed E-state index contributed by atoms with van der Waals surface area (Å²) in [5, 5.41) is 5.38. The van der Waals surface area contributed by atoms with E-state index in [0.717, 1.165) is 12.0 Å². The lowest BCUT2D eigenvalue weighted by molar-refractivity contribution is -0.120. The van der Waals surface area contributed by atoms with Gasteiger partial charge in [0.1, 0.15) is 5.75 Å². The van der Waals surface area contributed by atoms with E-state index in [-0.39, 0.29) is 18.4 Å². The second-order valence-electron chi connectivity index (χ2n) is 5.00. The van der Waals surface area contributed by atoms with Crippen molar-refractivity contribution in [3.63, 3.8) is 0 Å². The van der Waals surface area contributed by atoms with Crippen LogP contribution in [-0.4, -0.2) is 32.0 Å². The Kier molecular flexibility index (Phi) is 6.17. The van der Waals surface area contributed by atoms with E-state index in [9.17, 15) is 9.59 Å². The van der Waals surface area contributed by atoms with Crippen LogP contribution in [0.15, 0.2) is 54.6 Å². The number of carbonyl (C=O) groups is 2. The Hall–Kier alpha value is -2.82. The van der Waals surface area contributed by atoms with Gasteiger partial charge in [-0.1, -0.05) is 30.3 Å². The molecule has 0 fully saturated rings. The first-order chi connectivity index (χ1) is 11.2. The molecular formula is C18H20N2O3. The summed E-state index contributed by atoms with van der Waals surface area (Å²) in [7, 11) is 1.56. The summed E-state index contributed by atoms with van der Waals surface area (Å²) in [5.41, 5.74) is 1.65. The molecule has 0 radical (unpaired) electrons. The second kappa shape index (κ2) is 8.58. The fourth-order valence-corrected chi connectivity index (χ4v) is 2.06. The number of hydrogen-bond acceptors (Lipinski definition) is 3. The van der Waals surface area contributed by atoms with Gasteiger partial charge in [-0.25, -0.2) is 0 Å². The van der Waals surface area contributed by atoms with Crippen LogP contribution in [0.2, 0.25) is 0 Å². The smallest absolute Gasteiger partial charge is 0.251 e. The summed E-state index contributed by atoms with van der Waals surface area (Å²) in [4.78, 5) is 23.6. The maximum atomic E-state index is 11.9. The minimum atomic E-state index is -0.286. The normalized spacial score (nSPS) is 9.96. The zero-order valence-electron chi connectivity index (χ0n) is 13.0. The van der Waals surface area contributed by atoms with Crippen molar-refractivity contribution in [1.82, 2.24) is 10.6 Å². The van der Waals surface area contributed by atoms with E-state index in [0.29, 0.717) is 17.9 Å². The van der Waals surface area contributed by atoms with Crippen molar-refractivity contribution < 1.29 is 14.3 Å². The highest BCUT2D eigenvalue weighted by atomic mass is 16.5. The molecule has 2 N–H and O–H groups in total. The average molecular weight is 312 g/mol. The third kappa shape index (κ3) is 5.47. The van der Waals surface area contributed by atoms with Gasteiger partial charge in [-0.15, -0.1) is 0 Å². The quantitative estimate of drug-likeness (QED) is 0.819. The van der Waals surface area contributed by atoms with Crippen molar-refractivity contribution in [1.29, 1.82) is 0 Å². The van der Waals surface area contributed by atoms with Crippen molar-refractivity contribution in [2.45, 2.75) is 6.42 Å². The lowest BCUT2D eigenvalue weighted by Gasteiger charge is -2.07. The number of methoxy groups -OCH3 is 1. The Labute approximate surface area is 135 Å². The minimum Gasteiger partial charge on any atom is -0.497 e. The molecule has 0 aliphatic rings. The summed E-state index contributed by atoms with van der Waals surface area (Å²) < 4.78 is 5.03. The maximum absolute atomic E-state index is 11.9. The molecule has 0 spiro atoms. The fourth-order valence-electron chi connectivity index (χ4n) is 2.06. The molecule has 5 nitrogen and oxygen atoms in total. The first kappa shape index (κ1) is 16.5. The number of rotatable bonds is 7. The molecule has 0 saturated carbocycles. The van der Waals surface area contributed by atoms with Gasteiger partial charge in [0.15, 0.2) is 0 Å². The van der Waals surface area contributed by atoms with E-state index >= 15 is 0 Å². The summed E-state index contributed by atoms with van der Waals surface area (Å²) >= 11 is 0. The molecule has 0 saturated heterocycles. The van der Waals surface area contributed by atoms with Gasteiger partial charge < -0.3 is 15.4 Å². The number of amides is 2. The first-order valence-electron chi connectivity index (χ1n) is 7.42. The van der Waals surface area contributed by atoms with Gasteiger partial charge in [-0.05, 0) is 36.2 Å². The van der Waals surface area contributed by atoms with Crippen LogP contribution in [-0.2, 0) is 11.2 Å². The minimum absolute atomic E-state index is 0.0420. The highest BCUT2D eigenvalue weighted by Gasteiger charge is 2.07. The maximum Gasteiger partial charge on any atom is 0.251 e. The SMILES string of the molecule is COc1ccc(C(=O)NCC(=O)NCCc2ccccc2)cc1.